The van der Waals surface area contributed by atoms with Gasteiger partial charge in [0, 0.05) is 41.3 Å². The number of nitrogen functional groups attached to an aromatic ring is 1. The zero-order valence-electron chi connectivity index (χ0n) is 18.8. The van der Waals surface area contributed by atoms with Gasteiger partial charge < -0.3 is 11.1 Å². The second kappa shape index (κ2) is 9.88. The summed E-state index contributed by atoms with van der Waals surface area (Å²) in [5.74, 6) is 0. The first-order valence-corrected chi connectivity index (χ1v) is 11.3. The van der Waals surface area contributed by atoms with E-state index in [-0.39, 0.29) is 0 Å². The van der Waals surface area contributed by atoms with Crippen molar-refractivity contribution in [2.45, 2.75) is 0 Å². The summed E-state index contributed by atoms with van der Waals surface area (Å²) in [6, 6.07) is 37.0. The lowest BCUT2D eigenvalue weighted by atomic mass is 9.90. The lowest BCUT2D eigenvalue weighted by Gasteiger charge is -2.15. The summed E-state index contributed by atoms with van der Waals surface area (Å²) in [6.45, 7) is 0. The molecule has 1 aliphatic rings. The summed E-state index contributed by atoms with van der Waals surface area (Å²) >= 11 is 0. The van der Waals surface area contributed by atoms with Gasteiger partial charge >= 0.3 is 0 Å². The molecule has 0 amide bonds. The fourth-order valence-electron chi connectivity index (χ4n) is 3.97. The topological polar surface area (TPSA) is 52.0 Å². The Morgan fingerprint density at radius 1 is 0.559 bits per heavy atom. The molecule has 0 spiro atoms. The van der Waals surface area contributed by atoms with Gasteiger partial charge in [-0.15, -0.1) is 0 Å². The van der Waals surface area contributed by atoms with Crippen LogP contribution in [0.3, 0.4) is 0 Å². The largest absolute Gasteiger partial charge is 0.399 e. The molecule has 4 N–H and O–H groups in total. The fourth-order valence-corrected chi connectivity index (χ4v) is 3.97. The van der Waals surface area contributed by atoms with Gasteiger partial charge in [-0.2, -0.15) is 0 Å². The van der Waals surface area contributed by atoms with Crippen LogP contribution < -0.4 is 16.0 Å². The molecule has 0 heterocycles. The van der Waals surface area contributed by atoms with Crippen LogP contribution in [0.25, 0.3) is 5.57 Å². The van der Waals surface area contributed by atoms with Crippen LogP contribution in [0.2, 0.25) is 0 Å². The first kappa shape index (κ1) is 21.2. The van der Waals surface area contributed by atoms with Crippen molar-refractivity contribution in [3.8, 4) is 0 Å². The molecule has 3 heteroatoms. The lowest BCUT2D eigenvalue weighted by molar-refractivity contribution is -0.351. The summed E-state index contributed by atoms with van der Waals surface area (Å²) in [6.07, 6.45) is 8.55. The van der Waals surface area contributed by atoms with E-state index in [2.05, 4.69) is 95.3 Å². The van der Waals surface area contributed by atoms with Gasteiger partial charge in [0.2, 0.25) is 11.4 Å². The second-order valence-electron chi connectivity index (χ2n) is 8.13. The van der Waals surface area contributed by atoms with Crippen molar-refractivity contribution in [1.82, 2.24) is 0 Å². The molecule has 4 aromatic rings. The minimum absolute atomic E-state index is 0.757. The number of hydrogen-bond donors (Lipinski definition) is 3. The minimum Gasteiger partial charge on any atom is -0.399 e. The van der Waals surface area contributed by atoms with E-state index in [1.807, 2.05) is 48.5 Å². The van der Waals surface area contributed by atoms with Gasteiger partial charge in [-0.25, -0.2) is 4.99 Å². The molecule has 1 aliphatic carbocycles. The Labute approximate surface area is 200 Å². The number of hydrogen-bond acceptors (Lipinski definition) is 2. The molecule has 0 saturated carbocycles. The third-order valence-electron chi connectivity index (χ3n) is 5.67. The minimum atomic E-state index is 0.757. The molecule has 164 valence electrons. The maximum absolute atomic E-state index is 5.96. The number of nitrogens with two attached hydrogens (primary N) is 1. The molecular formula is C31H26N3+. The van der Waals surface area contributed by atoms with Crippen molar-refractivity contribution in [3.63, 3.8) is 0 Å². The number of rotatable bonds is 5. The highest BCUT2D eigenvalue weighted by atomic mass is 14.9. The normalized spacial score (nSPS) is 12.5. The summed E-state index contributed by atoms with van der Waals surface area (Å²) < 4.78 is 0. The molecule has 0 bridgehead atoms. The second-order valence-corrected chi connectivity index (χ2v) is 8.13. The number of para-hydroxylation sites is 2. The highest BCUT2D eigenvalue weighted by Crippen LogP contribution is 2.31. The predicted molar refractivity (Wildman–Crippen MR) is 143 cm³/mol. The van der Waals surface area contributed by atoms with Gasteiger partial charge in [-0.05, 0) is 70.8 Å². The van der Waals surface area contributed by atoms with Crippen LogP contribution >= 0.6 is 0 Å². The number of allylic oxidation sites excluding steroid dienone is 5. The molecule has 4 aromatic carbocycles. The molecular weight excluding hydrogens is 414 g/mol. The van der Waals surface area contributed by atoms with Gasteiger partial charge in [0.25, 0.3) is 0 Å². The van der Waals surface area contributed by atoms with Gasteiger partial charge in [-0.3, -0.25) is 0 Å². The average molecular weight is 441 g/mol. The van der Waals surface area contributed by atoms with Gasteiger partial charge in [0.05, 0.1) is 0 Å². The zero-order chi connectivity index (χ0) is 23.2. The molecule has 5 rings (SSSR count). The van der Waals surface area contributed by atoms with Crippen LogP contribution in [0, 0.1) is 0 Å². The van der Waals surface area contributed by atoms with Crippen LogP contribution in [0.5, 0.6) is 0 Å². The van der Waals surface area contributed by atoms with E-state index in [1.54, 1.807) is 0 Å². The smallest absolute Gasteiger partial charge is 0.203 e. The predicted octanol–water partition coefficient (Wildman–Crippen LogP) is 5.79. The van der Waals surface area contributed by atoms with Crippen molar-refractivity contribution in [1.29, 1.82) is 0 Å². The van der Waals surface area contributed by atoms with Crippen LogP contribution in [0.4, 0.5) is 22.7 Å². The van der Waals surface area contributed by atoms with E-state index >= 15 is 0 Å². The van der Waals surface area contributed by atoms with Gasteiger partial charge in [0.15, 0.2) is 0 Å². The summed E-state index contributed by atoms with van der Waals surface area (Å²) in [4.78, 5) is 3.45. The number of nitrogens with one attached hydrogen (secondary N) is 2. The highest BCUT2D eigenvalue weighted by molar-refractivity contribution is 6.03. The fraction of sp³-hybridized carbons (Fsp3) is 0. The monoisotopic (exact) mass is 440 g/mol. The SMILES string of the molecule is Nc1ccc(C(=C2C=CC(=[NH+]c3ccccc3)C=C2)c2ccc(Nc3ccccc3)cc2)cc1. The third-order valence-corrected chi connectivity index (χ3v) is 5.67. The first-order chi connectivity index (χ1) is 16.7. The quantitative estimate of drug-likeness (QED) is 0.344. The molecule has 0 radical (unpaired) electrons. The van der Waals surface area contributed by atoms with E-state index in [0.717, 1.165) is 50.7 Å². The van der Waals surface area contributed by atoms with Crippen molar-refractivity contribution in [2.24, 2.45) is 0 Å². The summed E-state index contributed by atoms with van der Waals surface area (Å²) in [7, 11) is 0. The Kier molecular flexibility index (Phi) is 6.17. The average Bonchev–Trinajstić information content (AvgIpc) is 2.89. The molecule has 3 nitrogen and oxygen atoms in total. The van der Waals surface area contributed by atoms with E-state index in [0.29, 0.717) is 0 Å². The van der Waals surface area contributed by atoms with Gasteiger partial charge in [-0.1, -0.05) is 60.7 Å². The van der Waals surface area contributed by atoms with E-state index in [1.165, 1.54) is 0 Å². The molecule has 0 aromatic heterocycles. The summed E-state index contributed by atoms with van der Waals surface area (Å²) in [5, 5.41) is 3.45. The van der Waals surface area contributed by atoms with Crippen LogP contribution in [-0.4, -0.2) is 5.71 Å². The van der Waals surface area contributed by atoms with E-state index in [4.69, 9.17) is 5.73 Å². The Hall–Kier alpha value is -4.63. The van der Waals surface area contributed by atoms with Crippen molar-refractivity contribution in [2.75, 3.05) is 11.1 Å². The van der Waals surface area contributed by atoms with Crippen molar-refractivity contribution < 1.29 is 4.99 Å². The number of anilines is 3. The Balaban J connectivity index is 1.49. The Morgan fingerprint density at radius 3 is 1.71 bits per heavy atom. The third kappa shape index (κ3) is 5.05. The molecule has 0 fully saturated rings. The Morgan fingerprint density at radius 2 is 1.09 bits per heavy atom. The van der Waals surface area contributed by atoms with Crippen LogP contribution in [-0.2, 0) is 0 Å². The maximum Gasteiger partial charge on any atom is 0.203 e. The van der Waals surface area contributed by atoms with Crippen molar-refractivity contribution in [3.05, 3.63) is 150 Å². The van der Waals surface area contributed by atoms with E-state index < -0.39 is 0 Å². The maximum atomic E-state index is 5.96. The number of benzene rings is 4. The van der Waals surface area contributed by atoms with Crippen molar-refractivity contribution >= 4 is 34.0 Å². The first-order valence-electron chi connectivity index (χ1n) is 11.3. The molecule has 0 saturated heterocycles. The lowest BCUT2D eigenvalue weighted by Crippen LogP contribution is -2.65. The van der Waals surface area contributed by atoms with Crippen LogP contribution in [0.15, 0.2) is 139 Å². The van der Waals surface area contributed by atoms with Crippen LogP contribution in [0.1, 0.15) is 11.1 Å². The molecule has 34 heavy (non-hydrogen) atoms. The van der Waals surface area contributed by atoms with Gasteiger partial charge in [0.1, 0.15) is 0 Å². The molecule has 0 unspecified atom stereocenters. The highest BCUT2D eigenvalue weighted by Gasteiger charge is 2.13. The van der Waals surface area contributed by atoms with E-state index in [9.17, 15) is 0 Å². The molecule has 0 aliphatic heterocycles. The zero-order valence-corrected chi connectivity index (χ0v) is 18.8. The Bertz CT molecular complexity index is 1360. The molecule has 0 atom stereocenters. The summed E-state index contributed by atoms with van der Waals surface area (Å²) in [5.41, 5.74) is 15.5. The standard InChI is InChI=1S/C31H25N3/c32-26-17-11-23(12-18-26)31(24-13-19-29(20-14-24)33-27-7-3-1-4-8-27)25-15-21-30(22-16-25)34-28-9-5-2-6-10-28/h1-22,33H,32H2/p+1.